The number of carbonyl (C=O) groups excluding carboxylic acids is 1. The number of halogens is 3. The highest BCUT2D eigenvalue weighted by Gasteiger charge is 2.30. The largest absolute Gasteiger partial charge is 0.481 e. The molecule has 2 N–H and O–H groups in total. The number of benzene rings is 1. The summed E-state index contributed by atoms with van der Waals surface area (Å²) < 4.78 is 41.5. The maximum Gasteiger partial charge on any atom is 0.416 e. The molecule has 0 aliphatic carbocycles. The molecule has 0 aliphatic rings. The number of rotatable bonds is 7. The molecule has 0 unspecified atom stereocenters. The summed E-state index contributed by atoms with van der Waals surface area (Å²) in [4.78, 5) is 22.9. The lowest BCUT2D eigenvalue weighted by Gasteiger charge is -2.09. The molecular weight excluding hydrogens is 403 g/mol. The Balaban J connectivity index is 1.68. The van der Waals surface area contributed by atoms with E-state index in [1.54, 1.807) is 19.1 Å². The number of nitrogens with one attached hydrogen (secondary N) is 1. The molecule has 8 nitrogen and oxygen atoms in total. The highest BCUT2D eigenvalue weighted by Crippen LogP contribution is 2.29. The van der Waals surface area contributed by atoms with Crippen molar-refractivity contribution in [2.24, 2.45) is 0 Å². The minimum atomic E-state index is -4.43. The number of hydrogen-bond donors (Lipinski definition) is 2. The van der Waals surface area contributed by atoms with Crippen LogP contribution in [0.15, 0.2) is 42.6 Å². The summed E-state index contributed by atoms with van der Waals surface area (Å²) in [5.74, 6) is -1.28. The SMILES string of the molecule is Cc1cc(NC(=O)c2ccn(CCC(=O)O)n2)nn1Cc1cccc(C(F)(F)F)c1. The van der Waals surface area contributed by atoms with Gasteiger partial charge in [-0.15, -0.1) is 0 Å². The predicted molar refractivity (Wildman–Crippen MR) is 99.9 cm³/mol. The molecule has 30 heavy (non-hydrogen) atoms. The van der Waals surface area contributed by atoms with Gasteiger partial charge in [0.15, 0.2) is 11.5 Å². The summed E-state index contributed by atoms with van der Waals surface area (Å²) in [6.45, 7) is 1.96. The number of carboxylic acid groups (broad SMARTS) is 1. The van der Waals surface area contributed by atoms with Crippen LogP contribution in [-0.4, -0.2) is 36.5 Å². The molecule has 1 amide bonds. The average Bonchev–Trinajstić information content (AvgIpc) is 3.27. The third-order valence-electron chi connectivity index (χ3n) is 4.24. The molecule has 11 heteroatoms. The van der Waals surface area contributed by atoms with Crippen LogP contribution in [0.25, 0.3) is 0 Å². The lowest BCUT2D eigenvalue weighted by molar-refractivity contribution is -0.138. The Morgan fingerprint density at radius 3 is 2.63 bits per heavy atom. The topological polar surface area (TPSA) is 102 Å². The predicted octanol–water partition coefficient (Wildman–Crippen LogP) is 3.18. The van der Waals surface area contributed by atoms with Gasteiger partial charge in [-0.3, -0.25) is 19.0 Å². The number of amides is 1. The number of anilines is 1. The zero-order valence-corrected chi connectivity index (χ0v) is 15.8. The molecule has 0 atom stereocenters. The summed E-state index contributed by atoms with van der Waals surface area (Å²) >= 11 is 0. The van der Waals surface area contributed by atoms with E-state index in [-0.39, 0.29) is 31.0 Å². The zero-order chi connectivity index (χ0) is 21.9. The van der Waals surface area contributed by atoms with Crippen molar-refractivity contribution < 1.29 is 27.9 Å². The molecule has 3 aromatic rings. The molecule has 0 spiro atoms. The number of nitrogens with zero attached hydrogens (tertiary/aromatic N) is 4. The van der Waals surface area contributed by atoms with Crippen molar-refractivity contribution >= 4 is 17.7 Å². The Morgan fingerprint density at radius 1 is 1.17 bits per heavy atom. The zero-order valence-electron chi connectivity index (χ0n) is 15.8. The van der Waals surface area contributed by atoms with Gasteiger partial charge >= 0.3 is 12.1 Å². The first-order valence-electron chi connectivity index (χ1n) is 8.89. The van der Waals surface area contributed by atoms with Crippen molar-refractivity contribution in [1.82, 2.24) is 19.6 Å². The Kier molecular flexibility index (Phi) is 5.90. The van der Waals surface area contributed by atoms with Crippen LogP contribution in [-0.2, 0) is 24.1 Å². The monoisotopic (exact) mass is 421 g/mol. The minimum absolute atomic E-state index is 0.0884. The van der Waals surface area contributed by atoms with Gasteiger partial charge in [-0.05, 0) is 30.7 Å². The molecular formula is C19H18F3N5O3. The molecule has 0 fully saturated rings. The normalized spacial score (nSPS) is 11.5. The first-order valence-corrected chi connectivity index (χ1v) is 8.89. The maximum atomic E-state index is 12.9. The average molecular weight is 421 g/mol. The van der Waals surface area contributed by atoms with Crippen LogP contribution < -0.4 is 5.32 Å². The van der Waals surface area contributed by atoms with Gasteiger partial charge < -0.3 is 10.4 Å². The number of aliphatic carboxylic acids is 1. The van der Waals surface area contributed by atoms with Gasteiger partial charge in [-0.25, -0.2) is 0 Å². The van der Waals surface area contributed by atoms with Crippen LogP contribution in [0, 0.1) is 6.92 Å². The Hall–Kier alpha value is -3.63. The van der Waals surface area contributed by atoms with Crippen LogP contribution in [0.3, 0.4) is 0 Å². The molecule has 0 aliphatic heterocycles. The van der Waals surface area contributed by atoms with Gasteiger partial charge in [-0.2, -0.15) is 23.4 Å². The van der Waals surface area contributed by atoms with E-state index in [4.69, 9.17) is 5.11 Å². The molecule has 0 saturated carbocycles. The molecule has 0 bridgehead atoms. The highest BCUT2D eigenvalue weighted by molar-refractivity contribution is 6.02. The standard InChI is InChI=1S/C19H18F3N5O3/c1-12-9-16(23-18(30)15-5-7-26(24-15)8-6-17(28)29)25-27(12)11-13-3-2-4-14(10-13)19(20,21)22/h2-5,7,9-10H,6,8,11H2,1H3,(H,28,29)(H,23,25,30). The summed E-state index contributed by atoms with van der Waals surface area (Å²) in [5.41, 5.74) is 0.420. The summed E-state index contributed by atoms with van der Waals surface area (Å²) in [6.07, 6.45) is -3.06. The van der Waals surface area contributed by atoms with Crippen molar-refractivity contribution in [3.63, 3.8) is 0 Å². The second kappa shape index (κ2) is 8.39. The van der Waals surface area contributed by atoms with Gasteiger partial charge in [-0.1, -0.05) is 12.1 Å². The fraction of sp³-hybridized carbons (Fsp3) is 0.263. The van der Waals surface area contributed by atoms with Gasteiger partial charge in [0.25, 0.3) is 5.91 Å². The van der Waals surface area contributed by atoms with Crippen molar-refractivity contribution in [3.8, 4) is 0 Å². The van der Waals surface area contributed by atoms with Crippen LogP contribution in [0.2, 0.25) is 0 Å². The quantitative estimate of drug-likeness (QED) is 0.610. The number of carboxylic acids is 1. The van der Waals surface area contributed by atoms with E-state index < -0.39 is 23.6 Å². The van der Waals surface area contributed by atoms with E-state index >= 15 is 0 Å². The van der Waals surface area contributed by atoms with Crippen molar-refractivity contribution in [2.75, 3.05) is 5.32 Å². The molecule has 1 aromatic carbocycles. The van der Waals surface area contributed by atoms with Crippen LogP contribution in [0.4, 0.5) is 19.0 Å². The van der Waals surface area contributed by atoms with E-state index in [0.717, 1.165) is 12.1 Å². The third-order valence-corrected chi connectivity index (χ3v) is 4.24. The Morgan fingerprint density at radius 2 is 1.93 bits per heavy atom. The second-order valence-corrected chi connectivity index (χ2v) is 6.59. The molecule has 0 saturated heterocycles. The number of hydrogen-bond acceptors (Lipinski definition) is 4. The minimum Gasteiger partial charge on any atom is -0.481 e. The number of aryl methyl sites for hydroxylation is 2. The lowest BCUT2D eigenvalue weighted by Crippen LogP contribution is -2.15. The molecule has 2 heterocycles. The van der Waals surface area contributed by atoms with E-state index in [9.17, 15) is 22.8 Å². The van der Waals surface area contributed by atoms with E-state index in [1.165, 1.54) is 27.7 Å². The van der Waals surface area contributed by atoms with Crippen LogP contribution in [0.5, 0.6) is 0 Å². The number of carbonyl (C=O) groups is 2. The van der Waals surface area contributed by atoms with Gasteiger partial charge in [0.1, 0.15) is 0 Å². The van der Waals surface area contributed by atoms with E-state index in [1.807, 2.05) is 0 Å². The lowest BCUT2D eigenvalue weighted by atomic mass is 10.1. The third kappa shape index (κ3) is 5.25. The van der Waals surface area contributed by atoms with Gasteiger partial charge in [0.2, 0.25) is 0 Å². The highest BCUT2D eigenvalue weighted by atomic mass is 19.4. The van der Waals surface area contributed by atoms with Crippen LogP contribution >= 0.6 is 0 Å². The van der Waals surface area contributed by atoms with Crippen molar-refractivity contribution in [3.05, 3.63) is 65.1 Å². The number of alkyl halides is 3. The fourth-order valence-electron chi connectivity index (χ4n) is 2.75. The maximum absolute atomic E-state index is 12.9. The number of aromatic nitrogens is 4. The van der Waals surface area contributed by atoms with Crippen LogP contribution in [0.1, 0.15) is 33.7 Å². The first-order chi connectivity index (χ1) is 14.1. The van der Waals surface area contributed by atoms with Crippen molar-refractivity contribution in [2.45, 2.75) is 32.6 Å². The van der Waals surface area contributed by atoms with Gasteiger partial charge in [0.05, 0.1) is 25.1 Å². The Bertz CT molecular complexity index is 1070. The summed E-state index contributed by atoms with van der Waals surface area (Å²) in [6, 6.07) is 8.00. The molecule has 2 aromatic heterocycles. The first kappa shape index (κ1) is 21.1. The van der Waals surface area contributed by atoms with E-state index in [2.05, 4.69) is 15.5 Å². The summed E-state index contributed by atoms with van der Waals surface area (Å²) in [5, 5.41) is 19.5. The molecule has 0 radical (unpaired) electrons. The molecule has 3 rings (SSSR count). The second-order valence-electron chi connectivity index (χ2n) is 6.59. The van der Waals surface area contributed by atoms with Gasteiger partial charge in [0, 0.05) is 18.0 Å². The Labute approximate surface area is 168 Å². The molecule has 158 valence electrons. The summed E-state index contributed by atoms with van der Waals surface area (Å²) in [7, 11) is 0. The smallest absolute Gasteiger partial charge is 0.416 e. The fourth-order valence-corrected chi connectivity index (χ4v) is 2.75. The van der Waals surface area contributed by atoms with Crippen molar-refractivity contribution in [1.29, 1.82) is 0 Å². The van der Waals surface area contributed by atoms with E-state index in [0.29, 0.717) is 11.3 Å².